The Kier molecular flexibility index (Phi) is 2.33. The highest BCUT2D eigenvalue weighted by molar-refractivity contribution is 5.84. The van der Waals surface area contributed by atoms with Crippen molar-refractivity contribution in [1.29, 1.82) is 0 Å². The van der Waals surface area contributed by atoms with Gasteiger partial charge < -0.3 is 14.2 Å². The van der Waals surface area contributed by atoms with Gasteiger partial charge in [0.2, 0.25) is 0 Å². The summed E-state index contributed by atoms with van der Waals surface area (Å²) in [5.74, 6) is -0.283. The van der Waals surface area contributed by atoms with E-state index < -0.39 is 0 Å². The third-order valence-corrected chi connectivity index (χ3v) is 2.32. The van der Waals surface area contributed by atoms with Crippen LogP contribution in [0, 0.1) is 0 Å². The summed E-state index contributed by atoms with van der Waals surface area (Å²) >= 11 is 0. The lowest BCUT2D eigenvalue weighted by atomic mass is 10.1. The Bertz CT molecular complexity index is 236. The molecule has 2 aliphatic heterocycles. The van der Waals surface area contributed by atoms with Gasteiger partial charge in [-0.25, -0.2) is 4.79 Å². The van der Waals surface area contributed by atoms with E-state index in [0.29, 0.717) is 0 Å². The van der Waals surface area contributed by atoms with Crippen LogP contribution in [0.4, 0.5) is 0 Å². The summed E-state index contributed by atoms with van der Waals surface area (Å²) in [4.78, 5) is 10.8. The first kappa shape index (κ1) is 8.72. The molecule has 3 atom stereocenters. The van der Waals surface area contributed by atoms with Crippen LogP contribution >= 0.6 is 0 Å². The lowest BCUT2D eigenvalue weighted by Crippen LogP contribution is -2.26. The van der Waals surface area contributed by atoms with Crippen LogP contribution in [-0.2, 0) is 19.0 Å². The molecule has 72 valence electrons. The van der Waals surface area contributed by atoms with Crippen LogP contribution in [0.15, 0.2) is 12.2 Å². The van der Waals surface area contributed by atoms with Crippen molar-refractivity contribution in [3.05, 3.63) is 12.2 Å². The van der Waals surface area contributed by atoms with Crippen LogP contribution in [0.25, 0.3) is 0 Å². The smallest absolute Gasteiger partial charge is 0.331 e. The van der Waals surface area contributed by atoms with E-state index >= 15 is 0 Å². The molecule has 1 fully saturated rings. The zero-order valence-electron chi connectivity index (χ0n) is 7.43. The molecule has 0 aromatic rings. The van der Waals surface area contributed by atoms with E-state index in [1.807, 2.05) is 0 Å². The number of rotatable bonds is 2. The second-order valence-corrected chi connectivity index (χ2v) is 3.18. The molecule has 1 saturated heterocycles. The first-order chi connectivity index (χ1) is 6.29. The highest BCUT2D eigenvalue weighted by atomic mass is 16.7. The molecule has 2 rings (SSSR count). The van der Waals surface area contributed by atoms with E-state index in [-0.39, 0.29) is 24.5 Å². The van der Waals surface area contributed by atoms with Crippen molar-refractivity contribution in [3.63, 3.8) is 0 Å². The molecule has 2 aliphatic rings. The normalized spacial score (nSPS) is 38.2. The van der Waals surface area contributed by atoms with E-state index in [1.165, 1.54) is 6.08 Å². The van der Waals surface area contributed by atoms with Crippen molar-refractivity contribution >= 4 is 5.97 Å². The Hall–Kier alpha value is -0.870. The van der Waals surface area contributed by atoms with Gasteiger partial charge in [-0.15, -0.1) is 0 Å². The largest absolute Gasteiger partial charge is 0.452 e. The quantitative estimate of drug-likeness (QED) is 0.590. The zero-order chi connectivity index (χ0) is 9.26. The van der Waals surface area contributed by atoms with Gasteiger partial charge in [-0.1, -0.05) is 0 Å². The Labute approximate surface area is 76.5 Å². The van der Waals surface area contributed by atoms with Crippen molar-refractivity contribution in [3.8, 4) is 0 Å². The minimum absolute atomic E-state index is 0.0346. The molecule has 3 unspecified atom stereocenters. The SMILES string of the molecule is COC1CCC(C2C=CC(=O)O2)O1. The van der Waals surface area contributed by atoms with Gasteiger partial charge in [-0.05, 0) is 12.5 Å². The molecule has 0 N–H and O–H groups in total. The molecule has 0 aromatic carbocycles. The predicted octanol–water partition coefficient (Wildman–Crippen LogP) is 0.619. The summed E-state index contributed by atoms with van der Waals surface area (Å²) in [6.45, 7) is 0. The van der Waals surface area contributed by atoms with Gasteiger partial charge in [0.05, 0.1) is 0 Å². The molecule has 0 saturated carbocycles. The van der Waals surface area contributed by atoms with Crippen molar-refractivity contribution < 1.29 is 19.0 Å². The van der Waals surface area contributed by atoms with Crippen molar-refractivity contribution in [2.45, 2.75) is 31.3 Å². The third kappa shape index (κ3) is 1.73. The summed E-state index contributed by atoms with van der Waals surface area (Å²) in [6, 6.07) is 0. The fourth-order valence-corrected chi connectivity index (χ4v) is 1.63. The number of esters is 1. The van der Waals surface area contributed by atoms with Crippen LogP contribution in [0.3, 0.4) is 0 Å². The molecule has 4 heteroatoms. The highest BCUT2D eigenvalue weighted by Crippen LogP contribution is 2.26. The van der Waals surface area contributed by atoms with Crippen molar-refractivity contribution in [2.75, 3.05) is 7.11 Å². The van der Waals surface area contributed by atoms with Crippen LogP contribution in [-0.4, -0.2) is 31.6 Å². The summed E-state index contributed by atoms with van der Waals surface area (Å²) < 4.78 is 15.5. The number of carbonyl (C=O) groups excluding carboxylic acids is 1. The van der Waals surface area contributed by atoms with E-state index in [1.54, 1.807) is 13.2 Å². The van der Waals surface area contributed by atoms with Gasteiger partial charge >= 0.3 is 5.97 Å². The Balaban J connectivity index is 1.90. The monoisotopic (exact) mass is 184 g/mol. The molecular formula is C9H12O4. The lowest BCUT2D eigenvalue weighted by molar-refractivity contribution is -0.156. The summed E-state index contributed by atoms with van der Waals surface area (Å²) in [6.07, 6.45) is 4.53. The van der Waals surface area contributed by atoms with Gasteiger partial charge in [-0.3, -0.25) is 0 Å². The summed E-state index contributed by atoms with van der Waals surface area (Å²) in [7, 11) is 1.61. The number of hydrogen-bond acceptors (Lipinski definition) is 4. The topological polar surface area (TPSA) is 44.8 Å². The Morgan fingerprint density at radius 2 is 2.38 bits per heavy atom. The fraction of sp³-hybridized carbons (Fsp3) is 0.667. The molecule has 0 aromatic heterocycles. The second kappa shape index (κ2) is 3.47. The predicted molar refractivity (Wildman–Crippen MR) is 43.9 cm³/mol. The molecule has 0 bridgehead atoms. The maximum absolute atomic E-state index is 10.8. The fourth-order valence-electron chi connectivity index (χ4n) is 1.63. The second-order valence-electron chi connectivity index (χ2n) is 3.18. The molecule has 0 aliphatic carbocycles. The van der Waals surface area contributed by atoms with E-state index in [9.17, 15) is 4.79 Å². The Morgan fingerprint density at radius 3 is 2.92 bits per heavy atom. The first-order valence-corrected chi connectivity index (χ1v) is 4.36. The lowest BCUT2D eigenvalue weighted by Gasteiger charge is -2.16. The van der Waals surface area contributed by atoms with Gasteiger partial charge in [0.1, 0.15) is 12.2 Å². The number of hydrogen-bond donors (Lipinski definition) is 0. The first-order valence-electron chi connectivity index (χ1n) is 4.36. The highest BCUT2D eigenvalue weighted by Gasteiger charge is 2.34. The summed E-state index contributed by atoms with van der Waals surface area (Å²) in [5, 5.41) is 0. The van der Waals surface area contributed by atoms with Crippen molar-refractivity contribution in [2.24, 2.45) is 0 Å². The maximum Gasteiger partial charge on any atom is 0.331 e. The summed E-state index contributed by atoms with van der Waals surface area (Å²) in [5.41, 5.74) is 0. The standard InChI is InChI=1S/C9H12O4/c1-11-9-5-3-7(13-9)6-2-4-8(10)12-6/h2,4,6-7,9H,3,5H2,1H3. The van der Waals surface area contributed by atoms with Crippen LogP contribution < -0.4 is 0 Å². The van der Waals surface area contributed by atoms with E-state index in [2.05, 4.69) is 0 Å². The molecule has 2 heterocycles. The van der Waals surface area contributed by atoms with Gasteiger partial charge in [0.25, 0.3) is 0 Å². The number of carbonyl (C=O) groups is 1. The maximum atomic E-state index is 10.8. The Morgan fingerprint density at radius 1 is 1.54 bits per heavy atom. The molecule has 4 nitrogen and oxygen atoms in total. The van der Waals surface area contributed by atoms with Gasteiger partial charge in [0.15, 0.2) is 6.29 Å². The van der Waals surface area contributed by atoms with Gasteiger partial charge in [0, 0.05) is 19.6 Å². The number of ether oxygens (including phenoxy) is 3. The minimum Gasteiger partial charge on any atom is -0.452 e. The van der Waals surface area contributed by atoms with Gasteiger partial charge in [-0.2, -0.15) is 0 Å². The number of methoxy groups -OCH3 is 1. The molecule has 0 amide bonds. The van der Waals surface area contributed by atoms with Crippen LogP contribution in [0.5, 0.6) is 0 Å². The molecular weight excluding hydrogens is 172 g/mol. The van der Waals surface area contributed by atoms with E-state index in [4.69, 9.17) is 14.2 Å². The average molecular weight is 184 g/mol. The molecule has 13 heavy (non-hydrogen) atoms. The third-order valence-electron chi connectivity index (χ3n) is 2.32. The van der Waals surface area contributed by atoms with E-state index in [0.717, 1.165) is 12.8 Å². The van der Waals surface area contributed by atoms with Crippen LogP contribution in [0.2, 0.25) is 0 Å². The minimum atomic E-state index is -0.283. The average Bonchev–Trinajstić information content (AvgIpc) is 2.71. The number of cyclic esters (lactones) is 1. The molecule has 0 spiro atoms. The zero-order valence-corrected chi connectivity index (χ0v) is 7.43. The molecule has 0 radical (unpaired) electrons. The van der Waals surface area contributed by atoms with Crippen LogP contribution in [0.1, 0.15) is 12.8 Å². The van der Waals surface area contributed by atoms with Crippen molar-refractivity contribution in [1.82, 2.24) is 0 Å².